The average Bonchev–Trinajstić information content (AvgIpc) is 2.88. The molecule has 1 N–H and O–H groups in total. The minimum absolute atomic E-state index is 0.0120. The second-order valence-electron chi connectivity index (χ2n) is 5.37. The van der Waals surface area contributed by atoms with Crippen molar-refractivity contribution in [3.8, 4) is 0 Å². The summed E-state index contributed by atoms with van der Waals surface area (Å²) in [5.74, 6) is 0.0730. The Bertz CT molecular complexity index is 710. The number of likely N-dealkylation sites (N-methyl/N-ethyl adjacent to an activating group) is 1. The maximum atomic E-state index is 12.6. The lowest BCUT2D eigenvalue weighted by Crippen LogP contribution is -2.31. The summed E-state index contributed by atoms with van der Waals surface area (Å²) >= 11 is 0. The molecule has 0 aromatic heterocycles. The lowest BCUT2D eigenvalue weighted by atomic mass is 10.1. The lowest BCUT2D eigenvalue weighted by molar-refractivity contribution is -0.118. The van der Waals surface area contributed by atoms with Crippen molar-refractivity contribution < 1.29 is 9.59 Å². The van der Waals surface area contributed by atoms with Crippen LogP contribution in [0, 0.1) is 0 Å². The van der Waals surface area contributed by atoms with Gasteiger partial charge in [-0.1, -0.05) is 30.3 Å². The van der Waals surface area contributed by atoms with E-state index in [-0.39, 0.29) is 11.8 Å². The normalized spacial score (nSPS) is 12.7. The molecule has 0 saturated carbocycles. The molecule has 112 valence electrons. The van der Waals surface area contributed by atoms with Crippen LogP contribution in [-0.2, 0) is 22.4 Å². The van der Waals surface area contributed by atoms with Crippen LogP contribution in [0.25, 0.3) is 0 Å². The minimum Gasteiger partial charge on any atom is -0.326 e. The summed E-state index contributed by atoms with van der Waals surface area (Å²) in [4.78, 5) is 25.7. The molecular weight excluding hydrogens is 276 g/mol. The number of amides is 2. The largest absolute Gasteiger partial charge is 0.326 e. The third-order valence-electron chi connectivity index (χ3n) is 3.84. The zero-order valence-electron chi connectivity index (χ0n) is 12.5. The molecule has 1 aliphatic heterocycles. The molecule has 0 spiro atoms. The Hall–Kier alpha value is -2.62. The SMILES string of the molecule is CCN(C(=O)Cc1ccc2c(c1)CC(=O)N2)c1ccccc1. The van der Waals surface area contributed by atoms with E-state index in [1.54, 1.807) is 4.90 Å². The van der Waals surface area contributed by atoms with E-state index in [2.05, 4.69) is 5.32 Å². The minimum atomic E-state index is 0.0120. The number of fused-ring (bicyclic) bond motifs is 1. The Morgan fingerprint density at radius 3 is 2.68 bits per heavy atom. The second kappa shape index (κ2) is 6.02. The number of anilines is 2. The fraction of sp³-hybridized carbons (Fsp3) is 0.222. The van der Waals surface area contributed by atoms with Gasteiger partial charge in [-0.3, -0.25) is 9.59 Å². The van der Waals surface area contributed by atoms with Gasteiger partial charge < -0.3 is 10.2 Å². The maximum absolute atomic E-state index is 12.6. The molecule has 4 heteroatoms. The number of rotatable bonds is 4. The van der Waals surface area contributed by atoms with Gasteiger partial charge in [0.2, 0.25) is 11.8 Å². The van der Waals surface area contributed by atoms with Crippen LogP contribution in [0.1, 0.15) is 18.1 Å². The van der Waals surface area contributed by atoms with Gasteiger partial charge in [0.05, 0.1) is 12.8 Å². The van der Waals surface area contributed by atoms with E-state index in [1.807, 2.05) is 55.5 Å². The van der Waals surface area contributed by atoms with E-state index in [0.29, 0.717) is 19.4 Å². The number of hydrogen-bond acceptors (Lipinski definition) is 2. The number of carbonyl (C=O) groups is 2. The number of carbonyl (C=O) groups excluding carboxylic acids is 2. The van der Waals surface area contributed by atoms with Crippen molar-refractivity contribution in [3.63, 3.8) is 0 Å². The molecule has 4 nitrogen and oxygen atoms in total. The van der Waals surface area contributed by atoms with Crippen LogP contribution < -0.4 is 10.2 Å². The van der Waals surface area contributed by atoms with E-state index < -0.39 is 0 Å². The predicted octanol–water partition coefficient (Wildman–Crippen LogP) is 2.78. The van der Waals surface area contributed by atoms with Crippen LogP contribution >= 0.6 is 0 Å². The fourth-order valence-corrected chi connectivity index (χ4v) is 2.77. The summed E-state index contributed by atoms with van der Waals surface area (Å²) in [6.45, 7) is 2.60. The Kier molecular flexibility index (Phi) is 3.92. The monoisotopic (exact) mass is 294 g/mol. The first-order chi connectivity index (χ1) is 10.7. The van der Waals surface area contributed by atoms with Crippen LogP contribution in [0.5, 0.6) is 0 Å². The molecule has 0 aliphatic carbocycles. The van der Waals surface area contributed by atoms with Gasteiger partial charge in [-0.15, -0.1) is 0 Å². The van der Waals surface area contributed by atoms with Crippen molar-refractivity contribution in [2.45, 2.75) is 19.8 Å². The molecule has 2 aromatic rings. The van der Waals surface area contributed by atoms with E-state index in [0.717, 1.165) is 22.5 Å². The van der Waals surface area contributed by atoms with Gasteiger partial charge in [-0.05, 0) is 36.2 Å². The number of hydrogen-bond donors (Lipinski definition) is 1. The van der Waals surface area contributed by atoms with E-state index in [9.17, 15) is 9.59 Å². The summed E-state index contributed by atoms with van der Waals surface area (Å²) in [6.07, 6.45) is 0.734. The van der Waals surface area contributed by atoms with Crippen molar-refractivity contribution >= 4 is 23.2 Å². The highest BCUT2D eigenvalue weighted by Gasteiger charge is 2.19. The van der Waals surface area contributed by atoms with E-state index in [1.165, 1.54) is 0 Å². The molecule has 2 amide bonds. The molecule has 1 aliphatic rings. The first-order valence-electron chi connectivity index (χ1n) is 7.44. The van der Waals surface area contributed by atoms with E-state index >= 15 is 0 Å². The number of benzene rings is 2. The average molecular weight is 294 g/mol. The Morgan fingerprint density at radius 1 is 1.18 bits per heavy atom. The van der Waals surface area contributed by atoms with Crippen LogP contribution in [-0.4, -0.2) is 18.4 Å². The van der Waals surface area contributed by atoms with Crippen molar-refractivity contribution in [2.24, 2.45) is 0 Å². The van der Waals surface area contributed by atoms with Crippen molar-refractivity contribution in [2.75, 3.05) is 16.8 Å². The fourth-order valence-electron chi connectivity index (χ4n) is 2.77. The van der Waals surface area contributed by atoms with Crippen molar-refractivity contribution in [1.82, 2.24) is 0 Å². The van der Waals surface area contributed by atoms with Crippen LogP contribution in [0.15, 0.2) is 48.5 Å². The smallest absolute Gasteiger partial charge is 0.231 e. The maximum Gasteiger partial charge on any atom is 0.231 e. The molecule has 0 atom stereocenters. The van der Waals surface area contributed by atoms with Gasteiger partial charge in [0.15, 0.2) is 0 Å². The first-order valence-corrected chi connectivity index (χ1v) is 7.44. The zero-order valence-corrected chi connectivity index (χ0v) is 12.5. The van der Waals surface area contributed by atoms with Crippen LogP contribution in [0.3, 0.4) is 0 Å². The molecule has 22 heavy (non-hydrogen) atoms. The van der Waals surface area contributed by atoms with Crippen LogP contribution in [0.2, 0.25) is 0 Å². The van der Waals surface area contributed by atoms with E-state index in [4.69, 9.17) is 0 Å². The van der Waals surface area contributed by atoms with Gasteiger partial charge in [-0.2, -0.15) is 0 Å². The summed E-state index contributed by atoms with van der Waals surface area (Å²) in [5, 5.41) is 2.80. The lowest BCUT2D eigenvalue weighted by Gasteiger charge is -2.21. The molecule has 0 fully saturated rings. The molecule has 3 rings (SSSR count). The second-order valence-corrected chi connectivity index (χ2v) is 5.37. The van der Waals surface area contributed by atoms with Crippen molar-refractivity contribution in [3.05, 3.63) is 59.7 Å². The molecule has 0 saturated heterocycles. The number of para-hydroxylation sites is 1. The third-order valence-corrected chi connectivity index (χ3v) is 3.84. The highest BCUT2D eigenvalue weighted by atomic mass is 16.2. The molecular formula is C18H18N2O2. The summed E-state index contributed by atoms with van der Waals surface area (Å²) < 4.78 is 0. The van der Waals surface area contributed by atoms with Gasteiger partial charge in [0, 0.05) is 17.9 Å². The Balaban J connectivity index is 1.77. The molecule has 2 aromatic carbocycles. The number of nitrogens with one attached hydrogen (secondary N) is 1. The van der Waals surface area contributed by atoms with Gasteiger partial charge in [0.25, 0.3) is 0 Å². The Labute approximate surface area is 129 Å². The summed E-state index contributed by atoms with van der Waals surface area (Å²) in [7, 11) is 0. The first kappa shape index (κ1) is 14.3. The van der Waals surface area contributed by atoms with Gasteiger partial charge in [0.1, 0.15) is 0 Å². The molecule has 0 bridgehead atoms. The van der Waals surface area contributed by atoms with Crippen molar-refractivity contribution in [1.29, 1.82) is 0 Å². The predicted molar refractivity (Wildman–Crippen MR) is 86.9 cm³/mol. The van der Waals surface area contributed by atoms with Gasteiger partial charge in [-0.25, -0.2) is 0 Å². The highest BCUT2D eigenvalue weighted by Crippen LogP contribution is 2.24. The highest BCUT2D eigenvalue weighted by molar-refractivity contribution is 5.99. The molecule has 1 heterocycles. The van der Waals surface area contributed by atoms with Crippen LogP contribution in [0.4, 0.5) is 11.4 Å². The molecule has 0 unspecified atom stereocenters. The summed E-state index contributed by atoms with van der Waals surface area (Å²) in [6, 6.07) is 15.4. The standard InChI is InChI=1S/C18H18N2O2/c1-2-20(15-6-4-3-5-7-15)18(22)11-13-8-9-16-14(10-13)12-17(21)19-16/h3-10H,2,11-12H2,1H3,(H,19,21). The Morgan fingerprint density at radius 2 is 1.95 bits per heavy atom. The zero-order chi connectivity index (χ0) is 15.5. The quantitative estimate of drug-likeness (QED) is 0.942. The third kappa shape index (κ3) is 2.86. The van der Waals surface area contributed by atoms with Gasteiger partial charge >= 0.3 is 0 Å². The number of nitrogens with zero attached hydrogens (tertiary/aromatic N) is 1. The topological polar surface area (TPSA) is 49.4 Å². The molecule has 0 radical (unpaired) electrons. The summed E-state index contributed by atoms with van der Waals surface area (Å²) in [5.41, 5.74) is 3.68.